The normalized spacial score (nSPS) is 12.3. The van der Waals surface area contributed by atoms with Crippen molar-refractivity contribution in [3.05, 3.63) is 92.3 Å². The Bertz CT molecular complexity index is 1590. The van der Waals surface area contributed by atoms with Crippen molar-refractivity contribution in [2.24, 2.45) is 0 Å². The number of nitrogens with zero attached hydrogens (tertiary/aromatic N) is 2. The second-order valence-corrected chi connectivity index (χ2v) is 13.6. The number of carbonyl (C=O) groups excluding carboxylic acids is 2. The third-order valence-electron chi connectivity index (χ3n) is 4.89. The molecule has 0 spiro atoms. The van der Waals surface area contributed by atoms with Gasteiger partial charge in [-0.05, 0) is 36.4 Å². The first-order valence-electron chi connectivity index (χ1n) is 10.4. The number of rotatable bonds is 8. The molecule has 0 fully saturated rings. The highest BCUT2D eigenvalue weighted by Crippen LogP contribution is 2.37. The number of aromatic nitrogens is 2. The van der Waals surface area contributed by atoms with Crippen LogP contribution in [0.25, 0.3) is 10.6 Å². The zero-order valence-electron chi connectivity index (χ0n) is 18.8. The highest BCUT2D eigenvalue weighted by molar-refractivity contribution is 8.38. The molecule has 38 heavy (non-hydrogen) atoms. The van der Waals surface area contributed by atoms with Crippen LogP contribution in [0.5, 0.6) is 0 Å². The maximum absolute atomic E-state index is 13.3. The molecule has 0 aliphatic carbocycles. The smallest absolute Gasteiger partial charge is 0.343 e. The summed E-state index contributed by atoms with van der Waals surface area (Å²) in [7, 11) is -5.69. The lowest BCUT2D eigenvalue weighted by Gasteiger charge is -2.09. The van der Waals surface area contributed by atoms with Crippen LogP contribution in [0.15, 0.2) is 65.6 Å². The van der Waals surface area contributed by atoms with Crippen LogP contribution < -0.4 is 15.6 Å². The molecule has 198 valence electrons. The van der Waals surface area contributed by atoms with E-state index in [0.29, 0.717) is 15.5 Å². The first-order valence-corrected chi connectivity index (χ1v) is 14.9. The molecular formula is C22H16ClF3N5O4S3+. The highest BCUT2D eigenvalue weighted by atomic mass is 35.5. The van der Waals surface area contributed by atoms with E-state index in [0.717, 1.165) is 29.8 Å². The van der Waals surface area contributed by atoms with Gasteiger partial charge in [-0.3, -0.25) is 20.0 Å². The lowest BCUT2D eigenvalue weighted by Crippen LogP contribution is -2.40. The van der Waals surface area contributed by atoms with Gasteiger partial charge in [0, 0.05) is 40.0 Å². The van der Waals surface area contributed by atoms with Crippen molar-refractivity contribution in [1.29, 1.82) is 0 Å². The third kappa shape index (κ3) is 6.36. The molecule has 3 aromatic heterocycles. The molecule has 1 atom stereocenters. The average Bonchev–Trinajstić information content (AvgIpc) is 3.56. The molecule has 4 rings (SSSR count). The average molecular weight is 603 g/mol. The van der Waals surface area contributed by atoms with Gasteiger partial charge in [-0.15, -0.1) is 11.3 Å². The van der Waals surface area contributed by atoms with Crippen LogP contribution in [-0.4, -0.2) is 30.2 Å². The molecule has 0 radical (unpaired) electrons. The second kappa shape index (κ2) is 11.2. The first kappa shape index (κ1) is 27.7. The predicted octanol–water partition coefficient (Wildman–Crippen LogP) is 4.58. The van der Waals surface area contributed by atoms with E-state index in [2.05, 4.69) is 15.3 Å². The number of alkyl halides is 3. The van der Waals surface area contributed by atoms with E-state index in [1.807, 2.05) is 10.3 Å². The predicted molar refractivity (Wildman–Crippen MR) is 137 cm³/mol. The van der Waals surface area contributed by atoms with E-state index < -0.39 is 42.1 Å². The van der Waals surface area contributed by atoms with Crippen LogP contribution in [-0.2, 0) is 21.8 Å². The van der Waals surface area contributed by atoms with Gasteiger partial charge in [0.2, 0.25) is 0 Å². The number of hydrazine groups is 1. The van der Waals surface area contributed by atoms with Crippen molar-refractivity contribution < 1.29 is 31.2 Å². The number of hydrogen-bond acceptors (Lipinski definition) is 7. The molecule has 2 amide bonds. The third-order valence-corrected chi connectivity index (χ3v) is 10.7. The minimum absolute atomic E-state index is 0.0749. The van der Waals surface area contributed by atoms with Crippen LogP contribution in [0.1, 0.15) is 31.3 Å². The van der Waals surface area contributed by atoms with Gasteiger partial charge in [0.25, 0.3) is 11.8 Å². The zero-order chi connectivity index (χ0) is 27.5. The molecule has 0 aliphatic rings. The summed E-state index contributed by atoms with van der Waals surface area (Å²) >= 11 is 6.58. The van der Waals surface area contributed by atoms with Gasteiger partial charge in [0.1, 0.15) is 20.2 Å². The molecule has 16 heteroatoms. The van der Waals surface area contributed by atoms with E-state index in [-0.39, 0.29) is 22.8 Å². The van der Waals surface area contributed by atoms with Crippen LogP contribution in [0.2, 0.25) is 5.02 Å². The Morgan fingerprint density at radius 1 is 1.08 bits per heavy atom. The molecular weight excluding hydrogens is 587 g/mol. The molecule has 4 aromatic rings. The molecule has 3 heterocycles. The summed E-state index contributed by atoms with van der Waals surface area (Å²) in [5.74, 6) is -1.40. The van der Waals surface area contributed by atoms with E-state index in [1.54, 1.807) is 12.1 Å². The number of nitrogens with one attached hydrogen (secondary N) is 3. The maximum atomic E-state index is 13.3. The fourth-order valence-corrected chi connectivity index (χ4v) is 7.84. The van der Waals surface area contributed by atoms with Crippen molar-refractivity contribution >= 4 is 53.3 Å². The summed E-state index contributed by atoms with van der Waals surface area (Å²) in [6.07, 6.45) is -2.68. The molecule has 9 nitrogen and oxygen atoms in total. The summed E-state index contributed by atoms with van der Waals surface area (Å²) in [5.41, 5.74) is 0.791. The van der Waals surface area contributed by atoms with Gasteiger partial charge < -0.3 is 5.32 Å². The Morgan fingerprint density at radius 2 is 1.82 bits per heavy atom. The van der Waals surface area contributed by atoms with Crippen molar-refractivity contribution in [2.45, 2.75) is 12.7 Å². The summed E-state index contributed by atoms with van der Waals surface area (Å²) in [4.78, 5) is 34.7. The van der Waals surface area contributed by atoms with E-state index in [4.69, 9.17) is 11.6 Å². The lowest BCUT2D eigenvalue weighted by atomic mass is 10.1. The summed E-state index contributed by atoms with van der Waals surface area (Å²) < 4.78 is 65.5. The molecule has 0 saturated heterocycles. The molecule has 0 saturated carbocycles. The van der Waals surface area contributed by atoms with Gasteiger partial charge in [-0.1, -0.05) is 16.4 Å². The summed E-state index contributed by atoms with van der Waals surface area (Å²) in [6.45, 7) is -0.0749. The number of thiophene rings is 1. The number of amides is 2. The van der Waals surface area contributed by atoms with Crippen LogP contribution in [0.4, 0.5) is 13.2 Å². The molecule has 1 aromatic carbocycles. The van der Waals surface area contributed by atoms with Crippen molar-refractivity contribution in [3.8, 4) is 10.6 Å². The van der Waals surface area contributed by atoms with Crippen molar-refractivity contribution in [1.82, 2.24) is 25.5 Å². The fourth-order valence-electron chi connectivity index (χ4n) is 3.12. The minimum atomic E-state index is -4.66. The zero-order valence-corrected chi connectivity index (χ0v) is 22.0. The van der Waals surface area contributed by atoms with Gasteiger partial charge in [-0.25, -0.2) is 4.98 Å². The fraction of sp³-hybridized carbons (Fsp3) is 0.0909. The number of carbonyl (C=O) groups is 2. The molecule has 0 bridgehead atoms. The van der Waals surface area contributed by atoms with Crippen LogP contribution >= 0.6 is 32.4 Å². The number of halogens is 4. The van der Waals surface area contributed by atoms with Gasteiger partial charge in [0.05, 0.1) is 12.1 Å². The van der Waals surface area contributed by atoms with Crippen molar-refractivity contribution in [3.63, 3.8) is 0 Å². The van der Waals surface area contributed by atoms with Gasteiger partial charge >= 0.3 is 15.2 Å². The Kier molecular flexibility index (Phi) is 8.13. The number of pyridine rings is 1. The Morgan fingerprint density at radius 3 is 2.53 bits per heavy atom. The van der Waals surface area contributed by atoms with Crippen LogP contribution in [0.3, 0.4) is 0 Å². The summed E-state index contributed by atoms with van der Waals surface area (Å²) in [5, 5.41) is 5.56. The Hall–Kier alpha value is -3.37. The van der Waals surface area contributed by atoms with Crippen LogP contribution in [0, 0.1) is 0 Å². The van der Waals surface area contributed by atoms with Crippen molar-refractivity contribution in [2.75, 3.05) is 0 Å². The first-order chi connectivity index (χ1) is 18.0. The second-order valence-electron chi connectivity index (χ2n) is 7.42. The number of benzene rings is 1. The van der Waals surface area contributed by atoms with E-state index in [9.17, 15) is 31.2 Å². The van der Waals surface area contributed by atoms with Gasteiger partial charge in [-0.2, -0.15) is 21.6 Å². The quantitative estimate of drug-likeness (QED) is 0.154. The van der Waals surface area contributed by atoms with Gasteiger partial charge in [0.15, 0.2) is 10.3 Å². The lowest BCUT2D eigenvalue weighted by molar-refractivity contribution is -0.137. The topological polar surface area (TPSA) is 130 Å². The Labute approximate surface area is 225 Å². The molecule has 1 unspecified atom stereocenters. The van der Waals surface area contributed by atoms with E-state index >= 15 is 0 Å². The monoisotopic (exact) mass is 602 g/mol. The number of hydrogen-bond donors (Lipinski definition) is 3. The molecule has 0 aliphatic heterocycles. The minimum Gasteiger partial charge on any atom is -0.343 e. The largest absolute Gasteiger partial charge is 0.426 e. The number of thiazole rings is 1. The maximum Gasteiger partial charge on any atom is 0.426 e. The Balaban J connectivity index is 1.41. The summed E-state index contributed by atoms with van der Waals surface area (Å²) in [6, 6.07) is 9.97. The molecule has 3 N–H and O–H groups in total. The van der Waals surface area contributed by atoms with E-state index in [1.165, 1.54) is 35.0 Å². The standard InChI is InChI=1S/C22H15ClF3N5O4S3/c23-14-5-3-13(4-6-14)19(32)28-10-15-2-1-9-37(15)38(34,35)31-30-20(33)18-12-36-21(29-18)16-11-27-8-7-17(16)22(24,25)26/h1-9,11-12,31H,10H2,(H-,28,30,32,33)/p+1. The highest BCUT2D eigenvalue weighted by Gasteiger charge is 2.35. The SMILES string of the molecule is O=C(NCc1ccc[s+]1S(=O)(=O)NNC(=O)c1csc(-c2cnccc2C(F)(F)F)n1)c1ccc(Cl)cc1.